The van der Waals surface area contributed by atoms with Crippen LogP contribution in [0.1, 0.15) is 67.7 Å². The molecule has 2 bridgehead atoms. The Bertz CT molecular complexity index is 897. The van der Waals surface area contributed by atoms with Gasteiger partial charge in [0.25, 0.3) is 0 Å². The van der Waals surface area contributed by atoms with Crippen molar-refractivity contribution < 1.29 is 13.2 Å². The molecule has 7 heteroatoms. The highest BCUT2D eigenvalue weighted by molar-refractivity contribution is 7.90. The van der Waals surface area contributed by atoms with Crippen molar-refractivity contribution in [3.8, 4) is 0 Å². The van der Waals surface area contributed by atoms with Gasteiger partial charge in [0, 0.05) is 17.8 Å². The second-order valence-corrected chi connectivity index (χ2v) is 11.1. The van der Waals surface area contributed by atoms with E-state index in [1.807, 2.05) is 0 Å². The molecule has 2 N–H and O–H groups in total. The molecule has 2 amide bonds. The van der Waals surface area contributed by atoms with E-state index in [0.29, 0.717) is 24.9 Å². The van der Waals surface area contributed by atoms with Crippen molar-refractivity contribution in [1.82, 2.24) is 9.62 Å². The maximum Gasteiger partial charge on any atom is 0.332 e. The zero-order valence-corrected chi connectivity index (χ0v) is 18.0. The number of amides is 2. The summed E-state index contributed by atoms with van der Waals surface area (Å²) in [5.74, 6) is 0. The van der Waals surface area contributed by atoms with Crippen LogP contribution < -0.4 is 10.0 Å². The molecule has 5 rings (SSSR count). The van der Waals surface area contributed by atoms with Gasteiger partial charge in [-0.15, -0.1) is 0 Å². The Labute approximate surface area is 173 Å². The lowest BCUT2D eigenvalue weighted by molar-refractivity contribution is 0.150. The van der Waals surface area contributed by atoms with Gasteiger partial charge < -0.3 is 5.32 Å². The molecule has 29 heavy (non-hydrogen) atoms. The number of rotatable bonds is 4. The minimum atomic E-state index is -3.68. The molecule has 1 aromatic carbocycles. The quantitative estimate of drug-likeness (QED) is 0.789. The number of sulfonamides is 1. The van der Waals surface area contributed by atoms with E-state index in [9.17, 15) is 13.2 Å². The minimum Gasteiger partial charge on any atom is -0.307 e. The van der Waals surface area contributed by atoms with Crippen LogP contribution in [0.5, 0.6) is 0 Å². The van der Waals surface area contributed by atoms with E-state index in [0.717, 1.165) is 63.6 Å². The second kappa shape index (κ2) is 7.27. The number of hydrogen-bond donors (Lipinski definition) is 2. The summed E-state index contributed by atoms with van der Waals surface area (Å²) in [5.41, 5.74) is 5.97. The van der Waals surface area contributed by atoms with Crippen molar-refractivity contribution >= 4 is 21.7 Å². The smallest absolute Gasteiger partial charge is 0.307 e. The van der Waals surface area contributed by atoms with Gasteiger partial charge in [0.1, 0.15) is 0 Å². The van der Waals surface area contributed by atoms with Gasteiger partial charge in [0.15, 0.2) is 0 Å². The molecule has 2 heterocycles. The second-order valence-electron chi connectivity index (χ2n) is 9.14. The number of fused-ring (bicyclic) bond motifs is 4. The van der Waals surface area contributed by atoms with Gasteiger partial charge in [-0.2, -0.15) is 0 Å². The molecule has 6 nitrogen and oxygen atoms in total. The zero-order valence-electron chi connectivity index (χ0n) is 17.2. The van der Waals surface area contributed by atoms with Crippen LogP contribution in [0.25, 0.3) is 0 Å². The topological polar surface area (TPSA) is 78.5 Å². The lowest BCUT2D eigenvalue weighted by Crippen LogP contribution is -2.50. The summed E-state index contributed by atoms with van der Waals surface area (Å²) in [6.45, 7) is 3.11. The first kappa shape index (κ1) is 19.4. The van der Waals surface area contributed by atoms with E-state index in [-0.39, 0.29) is 0 Å². The Morgan fingerprint density at radius 1 is 1.03 bits per heavy atom. The summed E-state index contributed by atoms with van der Waals surface area (Å²) in [4.78, 5) is 15.2. The van der Waals surface area contributed by atoms with Gasteiger partial charge in [-0.25, -0.2) is 17.9 Å². The lowest BCUT2D eigenvalue weighted by atomic mass is 9.99. The van der Waals surface area contributed by atoms with Gasteiger partial charge in [0.2, 0.25) is 10.0 Å². The fraction of sp³-hybridized carbons (Fsp3) is 0.682. The number of urea groups is 1. The number of nitrogens with zero attached hydrogens (tertiary/aromatic N) is 1. The third kappa shape index (κ3) is 3.36. The van der Waals surface area contributed by atoms with Gasteiger partial charge in [0.05, 0.1) is 5.25 Å². The number of hydrogen-bond acceptors (Lipinski definition) is 4. The molecule has 0 radical (unpaired) electrons. The molecule has 0 saturated carbocycles. The largest absolute Gasteiger partial charge is 0.332 e. The average Bonchev–Trinajstić information content (AvgIpc) is 3.38. The van der Waals surface area contributed by atoms with E-state index < -0.39 is 21.3 Å². The van der Waals surface area contributed by atoms with E-state index in [2.05, 4.69) is 27.9 Å². The average molecular weight is 418 g/mol. The normalized spacial score (nSPS) is 28.2. The van der Waals surface area contributed by atoms with Crippen molar-refractivity contribution in [3.63, 3.8) is 0 Å². The Kier molecular flexibility index (Phi) is 4.86. The molecule has 2 fully saturated rings. The Morgan fingerprint density at radius 3 is 2.17 bits per heavy atom. The molecule has 2 saturated heterocycles. The van der Waals surface area contributed by atoms with Crippen molar-refractivity contribution in [2.24, 2.45) is 0 Å². The predicted octanol–water partition coefficient (Wildman–Crippen LogP) is 3.13. The van der Waals surface area contributed by atoms with Crippen LogP contribution in [0, 0.1) is 0 Å². The number of nitrogens with one attached hydrogen (secondary N) is 2. The van der Waals surface area contributed by atoms with Crippen molar-refractivity contribution in [2.75, 3.05) is 11.9 Å². The number of carbonyl (C=O) groups is 1. The summed E-state index contributed by atoms with van der Waals surface area (Å²) >= 11 is 0. The van der Waals surface area contributed by atoms with Crippen LogP contribution in [-0.2, 0) is 35.7 Å². The molecule has 2 aliphatic carbocycles. The number of piperidine rings is 1. The van der Waals surface area contributed by atoms with Gasteiger partial charge in [-0.1, -0.05) is 13.0 Å². The first-order valence-electron chi connectivity index (χ1n) is 11.2. The van der Waals surface area contributed by atoms with Crippen LogP contribution in [-0.4, -0.2) is 43.2 Å². The summed E-state index contributed by atoms with van der Waals surface area (Å²) in [7, 11) is -3.68. The van der Waals surface area contributed by atoms with E-state index in [4.69, 9.17) is 0 Å². The lowest BCUT2D eigenvalue weighted by Gasteiger charge is -2.37. The number of aryl methyl sites for hydroxylation is 2. The SMILES string of the molecule is CCN1C2CC[C@@H]1CC(S(=O)(=O)NC(=O)Nc1c3c(cc4c1CCC4)CCC3)C2. The van der Waals surface area contributed by atoms with Crippen LogP contribution in [0.2, 0.25) is 0 Å². The first-order chi connectivity index (χ1) is 14.0. The van der Waals surface area contributed by atoms with Gasteiger partial charge in [-0.3, -0.25) is 4.90 Å². The third-order valence-electron chi connectivity index (χ3n) is 7.59. The summed E-state index contributed by atoms with van der Waals surface area (Å²) in [6.07, 6.45) is 9.63. The van der Waals surface area contributed by atoms with Gasteiger partial charge >= 0.3 is 6.03 Å². The molecule has 158 valence electrons. The number of anilines is 1. The van der Waals surface area contributed by atoms with Crippen LogP contribution in [0.3, 0.4) is 0 Å². The summed E-state index contributed by atoms with van der Waals surface area (Å²) < 4.78 is 28.3. The van der Waals surface area contributed by atoms with Crippen molar-refractivity contribution in [1.29, 1.82) is 0 Å². The number of benzene rings is 1. The molecule has 2 unspecified atom stereocenters. The molecule has 0 spiro atoms. The maximum absolute atomic E-state index is 13.0. The highest BCUT2D eigenvalue weighted by Gasteiger charge is 2.44. The monoisotopic (exact) mass is 417 g/mol. The minimum absolute atomic E-state index is 0.337. The van der Waals surface area contributed by atoms with Gasteiger partial charge in [-0.05, 0) is 93.0 Å². The van der Waals surface area contributed by atoms with Crippen LogP contribution in [0.4, 0.5) is 10.5 Å². The number of carbonyl (C=O) groups excluding carboxylic acids is 1. The molecular formula is C22H31N3O3S. The van der Waals surface area contributed by atoms with Crippen molar-refractivity contribution in [2.45, 2.75) is 88.5 Å². The fourth-order valence-electron chi connectivity index (χ4n) is 6.31. The molecule has 3 atom stereocenters. The standard InChI is InChI=1S/C22H31N3O3S/c1-2-25-16-9-10-17(25)13-18(12-16)29(27,28)24-22(26)23-21-19-7-3-5-14(19)11-15-6-4-8-20(15)21/h11,16-18H,2-10,12-13H2,1H3,(H2,23,24,26)/t16-,17?,18?/m1/s1. The highest BCUT2D eigenvalue weighted by Crippen LogP contribution is 2.39. The van der Waals surface area contributed by atoms with Crippen molar-refractivity contribution in [3.05, 3.63) is 28.3 Å². The van der Waals surface area contributed by atoms with E-state index in [1.54, 1.807) is 0 Å². The molecule has 4 aliphatic rings. The molecule has 2 aliphatic heterocycles. The predicted molar refractivity (Wildman–Crippen MR) is 114 cm³/mol. The van der Waals surface area contributed by atoms with E-state index >= 15 is 0 Å². The molecule has 0 aromatic heterocycles. The van der Waals surface area contributed by atoms with E-state index in [1.165, 1.54) is 22.3 Å². The molecular weight excluding hydrogens is 386 g/mol. The summed E-state index contributed by atoms with van der Waals surface area (Å²) in [6, 6.07) is 2.39. The van der Waals surface area contributed by atoms with Crippen LogP contribution >= 0.6 is 0 Å². The van der Waals surface area contributed by atoms with Crippen LogP contribution in [0.15, 0.2) is 6.07 Å². The molecule has 1 aromatic rings. The summed E-state index contributed by atoms with van der Waals surface area (Å²) in [5, 5.41) is 2.48. The Hall–Kier alpha value is -1.60. The maximum atomic E-state index is 13.0. The fourth-order valence-corrected chi connectivity index (χ4v) is 7.74. The highest BCUT2D eigenvalue weighted by atomic mass is 32.2. The zero-order chi connectivity index (χ0) is 20.2. The Balaban J connectivity index is 1.32. The first-order valence-corrected chi connectivity index (χ1v) is 12.8. The Morgan fingerprint density at radius 2 is 1.62 bits per heavy atom. The third-order valence-corrected chi connectivity index (χ3v) is 9.32.